The van der Waals surface area contributed by atoms with Crippen LogP contribution in [0.5, 0.6) is 0 Å². The third-order valence-electron chi connectivity index (χ3n) is 1.40. The number of thiol groups is 1. The molecular formula is C9H10S2. The molecule has 0 aliphatic rings. The summed E-state index contributed by atoms with van der Waals surface area (Å²) in [6.07, 6.45) is 5.72. The Kier molecular flexibility index (Phi) is 2.97. The van der Waals surface area contributed by atoms with E-state index in [1.807, 2.05) is 17.5 Å². The second-order valence-electron chi connectivity index (χ2n) is 2.19. The van der Waals surface area contributed by atoms with Crippen LogP contribution in [0.1, 0.15) is 10.4 Å². The fourth-order valence-corrected chi connectivity index (χ4v) is 2.01. The molecule has 0 amide bonds. The van der Waals surface area contributed by atoms with Gasteiger partial charge in [0.2, 0.25) is 0 Å². The predicted molar refractivity (Wildman–Crippen MR) is 55.5 cm³/mol. The molecule has 1 aromatic rings. The van der Waals surface area contributed by atoms with Gasteiger partial charge in [-0.15, -0.1) is 24.0 Å². The van der Waals surface area contributed by atoms with Crippen LogP contribution in [0, 0.1) is 6.92 Å². The Morgan fingerprint density at radius 1 is 1.64 bits per heavy atom. The molecule has 1 heterocycles. The summed E-state index contributed by atoms with van der Waals surface area (Å²) in [5.74, 6) is 0. The van der Waals surface area contributed by atoms with Crippen LogP contribution >= 0.6 is 24.0 Å². The standard InChI is InChI=1S/C9H10S2/c1-3-4-5-8-7(2)11-6-9(8)10/h3-6,10H,1H2,2H3/b5-4-. The molecule has 11 heavy (non-hydrogen) atoms. The molecule has 0 saturated carbocycles. The van der Waals surface area contributed by atoms with E-state index < -0.39 is 0 Å². The minimum absolute atomic E-state index is 1.05. The highest BCUT2D eigenvalue weighted by Gasteiger charge is 1.99. The average molecular weight is 182 g/mol. The summed E-state index contributed by atoms with van der Waals surface area (Å²) in [7, 11) is 0. The van der Waals surface area contributed by atoms with Gasteiger partial charge in [-0.1, -0.05) is 24.8 Å². The quantitative estimate of drug-likeness (QED) is 0.525. The predicted octanol–water partition coefficient (Wildman–Crippen LogP) is 3.54. The number of aryl methyl sites for hydroxylation is 1. The first-order chi connectivity index (χ1) is 5.25. The SMILES string of the molecule is C=C/C=C\c1c(S)csc1C. The van der Waals surface area contributed by atoms with Crippen molar-refractivity contribution in [3.8, 4) is 0 Å². The van der Waals surface area contributed by atoms with E-state index in [0.717, 1.165) is 4.90 Å². The maximum atomic E-state index is 4.32. The lowest BCUT2D eigenvalue weighted by Gasteiger charge is -1.90. The van der Waals surface area contributed by atoms with Crippen LogP contribution in [-0.2, 0) is 0 Å². The van der Waals surface area contributed by atoms with Gasteiger partial charge in [0.1, 0.15) is 0 Å². The smallest absolute Gasteiger partial charge is 0.0223 e. The minimum atomic E-state index is 1.05. The first-order valence-corrected chi connectivity index (χ1v) is 4.64. The molecule has 0 nitrogen and oxygen atoms in total. The Morgan fingerprint density at radius 2 is 2.36 bits per heavy atom. The lowest BCUT2D eigenvalue weighted by atomic mass is 10.2. The number of rotatable bonds is 2. The molecule has 0 radical (unpaired) electrons. The molecule has 0 unspecified atom stereocenters. The van der Waals surface area contributed by atoms with Gasteiger partial charge in [-0.25, -0.2) is 0 Å². The molecule has 2 heteroatoms. The first-order valence-electron chi connectivity index (χ1n) is 3.32. The average Bonchev–Trinajstić information content (AvgIpc) is 2.29. The summed E-state index contributed by atoms with van der Waals surface area (Å²) in [5, 5.41) is 2.04. The molecule has 0 aliphatic carbocycles. The van der Waals surface area contributed by atoms with Gasteiger partial charge in [0.15, 0.2) is 0 Å². The van der Waals surface area contributed by atoms with E-state index in [4.69, 9.17) is 0 Å². The number of thiophene rings is 1. The van der Waals surface area contributed by atoms with Crippen molar-refractivity contribution in [1.82, 2.24) is 0 Å². The third kappa shape index (κ3) is 1.98. The van der Waals surface area contributed by atoms with Crippen molar-refractivity contribution >= 4 is 30.0 Å². The van der Waals surface area contributed by atoms with Crippen molar-refractivity contribution in [2.75, 3.05) is 0 Å². The zero-order chi connectivity index (χ0) is 8.27. The largest absolute Gasteiger partial charge is 0.147 e. The van der Waals surface area contributed by atoms with Gasteiger partial charge in [-0.2, -0.15) is 0 Å². The van der Waals surface area contributed by atoms with E-state index >= 15 is 0 Å². The normalized spacial score (nSPS) is 10.7. The third-order valence-corrected chi connectivity index (χ3v) is 2.87. The van der Waals surface area contributed by atoms with Crippen LogP contribution in [0.4, 0.5) is 0 Å². The summed E-state index contributed by atoms with van der Waals surface area (Å²) >= 11 is 6.04. The van der Waals surface area contributed by atoms with E-state index in [9.17, 15) is 0 Å². The van der Waals surface area contributed by atoms with Crippen molar-refractivity contribution in [3.05, 3.63) is 34.6 Å². The fraction of sp³-hybridized carbons (Fsp3) is 0.111. The van der Waals surface area contributed by atoms with Gasteiger partial charge in [-0.05, 0) is 6.92 Å². The van der Waals surface area contributed by atoms with Crippen LogP contribution in [0.2, 0.25) is 0 Å². The molecule has 58 valence electrons. The zero-order valence-corrected chi connectivity index (χ0v) is 8.08. The molecule has 0 atom stereocenters. The summed E-state index contributed by atoms with van der Waals surface area (Å²) in [6, 6.07) is 0. The molecule has 1 rings (SSSR count). The van der Waals surface area contributed by atoms with Gasteiger partial charge in [0.25, 0.3) is 0 Å². The molecule has 0 saturated heterocycles. The van der Waals surface area contributed by atoms with Crippen molar-refractivity contribution in [2.45, 2.75) is 11.8 Å². The molecule has 0 bridgehead atoms. The van der Waals surface area contributed by atoms with Crippen LogP contribution in [0.25, 0.3) is 6.08 Å². The Bertz CT molecular complexity index is 262. The van der Waals surface area contributed by atoms with Crippen LogP contribution < -0.4 is 0 Å². The minimum Gasteiger partial charge on any atom is -0.147 e. The van der Waals surface area contributed by atoms with E-state index in [-0.39, 0.29) is 0 Å². The molecular weight excluding hydrogens is 172 g/mol. The maximum Gasteiger partial charge on any atom is 0.0223 e. The summed E-state index contributed by atoms with van der Waals surface area (Å²) in [4.78, 5) is 2.35. The van der Waals surface area contributed by atoms with E-state index in [2.05, 4.69) is 26.1 Å². The Hall–Kier alpha value is -0.470. The molecule has 0 fully saturated rings. The molecule has 0 spiro atoms. The van der Waals surface area contributed by atoms with Crippen molar-refractivity contribution in [3.63, 3.8) is 0 Å². The van der Waals surface area contributed by atoms with Crippen molar-refractivity contribution in [1.29, 1.82) is 0 Å². The Balaban J connectivity index is 3.00. The topological polar surface area (TPSA) is 0 Å². The Morgan fingerprint density at radius 3 is 2.82 bits per heavy atom. The molecule has 1 aromatic heterocycles. The van der Waals surface area contributed by atoms with Crippen molar-refractivity contribution in [2.24, 2.45) is 0 Å². The van der Waals surface area contributed by atoms with E-state index in [1.165, 1.54) is 10.4 Å². The van der Waals surface area contributed by atoms with Crippen LogP contribution in [-0.4, -0.2) is 0 Å². The Labute approximate surface area is 76.7 Å². The van der Waals surface area contributed by atoms with Crippen molar-refractivity contribution < 1.29 is 0 Å². The highest BCUT2D eigenvalue weighted by molar-refractivity contribution is 7.80. The molecule has 0 aliphatic heterocycles. The van der Waals surface area contributed by atoms with Gasteiger partial charge < -0.3 is 0 Å². The van der Waals surface area contributed by atoms with Gasteiger partial charge in [0.05, 0.1) is 0 Å². The lowest BCUT2D eigenvalue weighted by Crippen LogP contribution is -1.69. The molecule has 0 N–H and O–H groups in total. The molecule has 0 aromatic carbocycles. The number of allylic oxidation sites excluding steroid dienone is 2. The lowest BCUT2D eigenvalue weighted by molar-refractivity contribution is 1.47. The van der Waals surface area contributed by atoms with Gasteiger partial charge in [0, 0.05) is 20.7 Å². The first kappa shape index (κ1) is 8.62. The number of hydrogen-bond donors (Lipinski definition) is 1. The summed E-state index contributed by atoms with van der Waals surface area (Å²) < 4.78 is 0. The number of hydrogen-bond acceptors (Lipinski definition) is 2. The second kappa shape index (κ2) is 3.79. The van der Waals surface area contributed by atoms with Crippen LogP contribution in [0.15, 0.2) is 29.0 Å². The van der Waals surface area contributed by atoms with E-state index in [1.54, 1.807) is 17.4 Å². The maximum absolute atomic E-state index is 4.32. The second-order valence-corrected chi connectivity index (χ2v) is 3.75. The highest BCUT2D eigenvalue weighted by Crippen LogP contribution is 2.25. The summed E-state index contributed by atoms with van der Waals surface area (Å²) in [6.45, 7) is 5.70. The zero-order valence-electron chi connectivity index (χ0n) is 6.37. The van der Waals surface area contributed by atoms with Gasteiger partial charge >= 0.3 is 0 Å². The fourth-order valence-electron chi connectivity index (χ4n) is 0.819. The van der Waals surface area contributed by atoms with Crippen LogP contribution in [0.3, 0.4) is 0 Å². The van der Waals surface area contributed by atoms with E-state index in [0.29, 0.717) is 0 Å². The summed E-state index contributed by atoms with van der Waals surface area (Å²) in [5.41, 5.74) is 1.21. The highest BCUT2D eigenvalue weighted by atomic mass is 32.1. The monoisotopic (exact) mass is 182 g/mol. The van der Waals surface area contributed by atoms with Gasteiger partial charge in [-0.3, -0.25) is 0 Å².